The van der Waals surface area contributed by atoms with Crippen molar-refractivity contribution >= 4 is 11.3 Å². The van der Waals surface area contributed by atoms with Crippen molar-refractivity contribution in [3.63, 3.8) is 0 Å². The zero-order chi connectivity index (χ0) is 36.6. The summed E-state index contributed by atoms with van der Waals surface area (Å²) in [7, 11) is 0. The van der Waals surface area contributed by atoms with Crippen molar-refractivity contribution in [3.05, 3.63) is 119 Å². The van der Waals surface area contributed by atoms with E-state index in [2.05, 4.69) is 51.6 Å². The zero-order valence-electron chi connectivity index (χ0n) is 29.8. The average Bonchev–Trinajstić information content (AvgIpc) is 3.86. The van der Waals surface area contributed by atoms with Crippen LogP contribution in [0, 0.1) is 41.0 Å². The van der Waals surface area contributed by atoms with Crippen LogP contribution in [0.5, 0.6) is 0 Å². The van der Waals surface area contributed by atoms with Crippen LogP contribution in [0.25, 0.3) is 11.4 Å². The molecule has 4 atom stereocenters. The minimum atomic E-state index is -0.740. The number of fused-ring (bicyclic) bond motifs is 10. The number of rotatable bonds is 4. The summed E-state index contributed by atoms with van der Waals surface area (Å²) in [6.45, 7) is 15.5. The van der Waals surface area contributed by atoms with E-state index < -0.39 is 23.3 Å². The first-order valence-electron chi connectivity index (χ1n) is 17.5. The van der Waals surface area contributed by atoms with Gasteiger partial charge in [-0.2, -0.15) is 0 Å². The summed E-state index contributed by atoms with van der Waals surface area (Å²) >= 11 is 1.55. The Balaban J connectivity index is 0.000000164. The third-order valence-electron chi connectivity index (χ3n) is 13.6. The quantitative estimate of drug-likeness (QED) is 0.187. The van der Waals surface area contributed by atoms with Gasteiger partial charge in [0, 0.05) is 45.2 Å². The molecule has 7 nitrogen and oxygen atoms in total. The van der Waals surface area contributed by atoms with Crippen molar-refractivity contribution in [2.45, 2.75) is 111 Å². The van der Waals surface area contributed by atoms with Gasteiger partial charge in [-0.3, -0.25) is 19.4 Å². The standard InChI is InChI=1S/C22H23F2N3OS.C17H18F2N2O.CH4/c1-12-25-14(11-29-12)10-26-19-18(15-7-8-22(19,4)21(15,2)3)20(28)27(26)17-6-5-13(23)9-16(17)24;1-16(2)10-6-7-17(16,3)14-13(10)15(22)21(20-14)12-5-4-9(18)8-11(12)19;/h5-6,9,11,15H,7-8,10H2,1-4H3;4-5,8,10,20H,6-7H2,1-3H3;1H4/t15-,22+;10-,17+;/m11./s1. The van der Waals surface area contributed by atoms with Crippen LogP contribution in [0.15, 0.2) is 51.4 Å². The number of halogens is 4. The molecule has 4 bridgehead atoms. The number of aromatic nitrogens is 5. The first-order chi connectivity index (χ1) is 23.9. The summed E-state index contributed by atoms with van der Waals surface area (Å²) in [5.41, 5.74) is 3.76. The molecule has 0 spiro atoms. The number of nitrogens with zero attached hydrogens (tertiary/aromatic N) is 4. The molecule has 2 fully saturated rings. The maximum absolute atomic E-state index is 14.7. The zero-order valence-corrected chi connectivity index (χ0v) is 30.6. The predicted octanol–water partition coefficient (Wildman–Crippen LogP) is 9.16. The highest BCUT2D eigenvalue weighted by Gasteiger charge is 2.63. The van der Waals surface area contributed by atoms with E-state index in [1.165, 1.54) is 27.6 Å². The van der Waals surface area contributed by atoms with Crippen molar-refractivity contribution in [2.24, 2.45) is 10.8 Å². The molecule has 0 amide bonds. The molecule has 5 aromatic rings. The van der Waals surface area contributed by atoms with Crippen LogP contribution in [0.1, 0.15) is 120 Å². The molecule has 276 valence electrons. The molecule has 12 heteroatoms. The highest BCUT2D eigenvalue weighted by Crippen LogP contribution is 2.68. The third-order valence-corrected chi connectivity index (χ3v) is 14.4. The van der Waals surface area contributed by atoms with Gasteiger partial charge in [0.2, 0.25) is 0 Å². The van der Waals surface area contributed by atoms with Crippen LogP contribution in [0.3, 0.4) is 0 Å². The van der Waals surface area contributed by atoms with Gasteiger partial charge in [-0.25, -0.2) is 31.9 Å². The molecule has 0 radical (unpaired) electrons. The maximum atomic E-state index is 14.7. The highest BCUT2D eigenvalue weighted by molar-refractivity contribution is 7.09. The van der Waals surface area contributed by atoms with Gasteiger partial charge in [0.1, 0.15) is 23.0 Å². The molecule has 4 aliphatic rings. The lowest BCUT2D eigenvalue weighted by Gasteiger charge is -2.36. The Kier molecular flexibility index (Phi) is 8.11. The Hall–Kier alpha value is -4.19. The van der Waals surface area contributed by atoms with Gasteiger partial charge < -0.3 is 0 Å². The molecule has 4 aliphatic carbocycles. The van der Waals surface area contributed by atoms with Crippen LogP contribution >= 0.6 is 11.3 Å². The summed E-state index contributed by atoms with van der Waals surface area (Å²) in [5, 5.41) is 6.02. The molecule has 0 aliphatic heterocycles. The van der Waals surface area contributed by atoms with Gasteiger partial charge in [-0.05, 0) is 79.5 Å². The number of aryl methyl sites for hydroxylation is 1. The minimum Gasteiger partial charge on any atom is -0.294 e. The number of hydrogen-bond acceptors (Lipinski definition) is 4. The van der Waals surface area contributed by atoms with E-state index in [4.69, 9.17) is 0 Å². The fourth-order valence-electron chi connectivity index (χ4n) is 10.0. The molecule has 2 saturated carbocycles. The predicted molar refractivity (Wildman–Crippen MR) is 195 cm³/mol. The molecular weight excluding hydrogens is 691 g/mol. The Bertz CT molecular complexity index is 2380. The van der Waals surface area contributed by atoms with Crippen molar-refractivity contribution in [2.75, 3.05) is 0 Å². The number of aromatic amines is 1. The number of hydrogen-bond donors (Lipinski definition) is 1. The maximum Gasteiger partial charge on any atom is 0.275 e. The van der Waals surface area contributed by atoms with E-state index in [0.717, 1.165) is 77.1 Å². The topological polar surface area (TPSA) is 77.6 Å². The highest BCUT2D eigenvalue weighted by atomic mass is 32.1. The van der Waals surface area contributed by atoms with Crippen molar-refractivity contribution < 1.29 is 17.6 Å². The lowest BCUT2D eigenvalue weighted by molar-refractivity contribution is 0.216. The minimum absolute atomic E-state index is 0. The molecule has 0 saturated heterocycles. The van der Waals surface area contributed by atoms with Gasteiger partial charge in [0.25, 0.3) is 11.1 Å². The number of benzene rings is 2. The van der Waals surface area contributed by atoms with E-state index >= 15 is 0 Å². The van der Waals surface area contributed by atoms with Crippen LogP contribution in [-0.2, 0) is 17.4 Å². The molecule has 1 N–H and O–H groups in total. The SMILES string of the molecule is C.CC1(C)[C@@H]2CC[C@@]1(C)c1[nH]n(-c3ccc(F)cc3F)c(=O)c12.Cc1nc(Cn2c3c(c(=O)n2-c2ccc(F)cc2F)[C@H]2CC[C@]3(C)C2(C)C)cs1. The second-order valence-electron chi connectivity index (χ2n) is 16.3. The second kappa shape index (κ2) is 11.7. The molecule has 52 heavy (non-hydrogen) atoms. The fourth-order valence-corrected chi connectivity index (χ4v) is 10.6. The van der Waals surface area contributed by atoms with Crippen molar-refractivity contribution in [3.8, 4) is 11.4 Å². The third kappa shape index (κ3) is 4.64. The molecule has 3 aromatic heterocycles. The van der Waals surface area contributed by atoms with Gasteiger partial charge >= 0.3 is 0 Å². The van der Waals surface area contributed by atoms with E-state index in [1.807, 2.05) is 17.0 Å². The molecular formula is C40H45F4N5O2S. The molecule has 9 rings (SSSR count). The molecule has 2 aromatic carbocycles. The van der Waals surface area contributed by atoms with Crippen LogP contribution in [0.4, 0.5) is 17.6 Å². The lowest BCUT2D eigenvalue weighted by Crippen LogP contribution is -2.36. The van der Waals surface area contributed by atoms with Crippen LogP contribution in [-0.4, -0.2) is 24.1 Å². The summed E-state index contributed by atoms with van der Waals surface area (Å²) < 4.78 is 59.9. The first-order valence-corrected chi connectivity index (χ1v) is 18.3. The fraction of sp³-hybridized carbons (Fsp3) is 0.475. The van der Waals surface area contributed by atoms with E-state index in [0.29, 0.717) is 6.54 Å². The Morgan fingerprint density at radius 2 is 1.37 bits per heavy atom. The van der Waals surface area contributed by atoms with E-state index in [-0.39, 0.29) is 63.4 Å². The van der Waals surface area contributed by atoms with E-state index in [9.17, 15) is 27.2 Å². The van der Waals surface area contributed by atoms with Crippen molar-refractivity contribution in [1.82, 2.24) is 24.1 Å². The van der Waals surface area contributed by atoms with Crippen LogP contribution < -0.4 is 11.1 Å². The van der Waals surface area contributed by atoms with Gasteiger partial charge in [-0.1, -0.05) is 49.0 Å². The largest absolute Gasteiger partial charge is 0.294 e. The number of nitrogens with one attached hydrogen (secondary N) is 1. The Morgan fingerprint density at radius 1 is 0.808 bits per heavy atom. The molecule has 0 unspecified atom stereocenters. The summed E-state index contributed by atoms with van der Waals surface area (Å²) in [6.07, 6.45) is 3.94. The van der Waals surface area contributed by atoms with Crippen LogP contribution in [0.2, 0.25) is 0 Å². The monoisotopic (exact) mass is 735 g/mol. The van der Waals surface area contributed by atoms with Gasteiger partial charge in [-0.15, -0.1) is 11.3 Å². The van der Waals surface area contributed by atoms with E-state index in [1.54, 1.807) is 11.3 Å². The number of H-pyrrole nitrogens is 1. The smallest absolute Gasteiger partial charge is 0.275 e. The first kappa shape index (κ1) is 36.2. The average molecular weight is 736 g/mol. The number of thiazole rings is 1. The van der Waals surface area contributed by atoms with Crippen molar-refractivity contribution in [1.29, 1.82) is 0 Å². The normalized spacial score (nSPS) is 25.4. The Morgan fingerprint density at radius 3 is 1.92 bits per heavy atom. The molecule has 3 heterocycles. The Labute approximate surface area is 304 Å². The second-order valence-corrected chi connectivity index (χ2v) is 17.4. The van der Waals surface area contributed by atoms with Gasteiger partial charge in [0.05, 0.1) is 22.9 Å². The lowest BCUT2D eigenvalue weighted by atomic mass is 9.70. The summed E-state index contributed by atoms with van der Waals surface area (Å²) in [6, 6.07) is 6.63. The van der Waals surface area contributed by atoms with Gasteiger partial charge in [0.15, 0.2) is 11.6 Å². The summed E-state index contributed by atoms with van der Waals surface area (Å²) in [4.78, 5) is 30.9. The summed E-state index contributed by atoms with van der Waals surface area (Å²) in [5.74, 6) is -2.45.